The molecule has 0 aliphatic carbocycles. The van der Waals surface area contributed by atoms with Gasteiger partial charge < -0.3 is 14.7 Å². The lowest BCUT2D eigenvalue weighted by atomic mass is 10.0. The fourth-order valence-electron chi connectivity index (χ4n) is 2.27. The van der Waals surface area contributed by atoms with Crippen LogP contribution in [0.3, 0.4) is 0 Å². The molecule has 5 nitrogen and oxygen atoms in total. The van der Waals surface area contributed by atoms with Gasteiger partial charge in [-0.15, -0.1) is 0 Å². The van der Waals surface area contributed by atoms with E-state index in [2.05, 4.69) is 0 Å². The topological polar surface area (TPSA) is 66.8 Å². The van der Waals surface area contributed by atoms with Crippen LogP contribution in [0.15, 0.2) is 0 Å². The number of likely N-dealkylation sites (tertiary alicyclic amines) is 1. The van der Waals surface area contributed by atoms with Crippen LogP contribution >= 0.6 is 0 Å². The minimum atomic E-state index is -4.88. The molecule has 0 spiro atoms. The average molecular weight is 253 g/mol. The highest BCUT2D eigenvalue weighted by molar-refractivity contribution is 5.82. The van der Waals surface area contributed by atoms with Crippen molar-refractivity contribution in [1.29, 1.82) is 0 Å². The molecule has 0 radical (unpaired) electrons. The van der Waals surface area contributed by atoms with Crippen molar-refractivity contribution in [3.05, 3.63) is 0 Å². The Bertz CT molecular complexity index is 343. The van der Waals surface area contributed by atoms with Gasteiger partial charge in [0.25, 0.3) is 0 Å². The first-order valence-electron chi connectivity index (χ1n) is 5.03. The fraction of sp³-hybridized carbons (Fsp3) is 0.778. The summed E-state index contributed by atoms with van der Waals surface area (Å²) >= 11 is 0. The van der Waals surface area contributed by atoms with E-state index in [0.29, 0.717) is 4.90 Å². The normalized spacial score (nSPS) is 32.6. The second-order valence-corrected chi connectivity index (χ2v) is 4.21. The van der Waals surface area contributed by atoms with Gasteiger partial charge in [0.15, 0.2) is 6.10 Å². The van der Waals surface area contributed by atoms with Gasteiger partial charge in [-0.05, 0) is 6.42 Å². The number of hydrogen-bond donors (Lipinski definition) is 1. The summed E-state index contributed by atoms with van der Waals surface area (Å²) in [6.45, 7) is -0.278. The van der Waals surface area contributed by atoms with E-state index in [0.717, 1.165) is 0 Å². The SMILES string of the molecule is O=C(O)[C@@H]1C[C@H]2CN(C(=O)C(F)(F)F)C[C@H]2O1. The molecule has 8 heteroatoms. The number of hydrogen-bond acceptors (Lipinski definition) is 3. The van der Waals surface area contributed by atoms with Crippen molar-refractivity contribution in [2.45, 2.75) is 24.8 Å². The summed E-state index contributed by atoms with van der Waals surface area (Å²) in [5.41, 5.74) is 0. The van der Waals surface area contributed by atoms with E-state index < -0.39 is 30.3 Å². The number of ether oxygens (including phenoxy) is 1. The predicted molar refractivity (Wildman–Crippen MR) is 47.0 cm³/mol. The van der Waals surface area contributed by atoms with Crippen LogP contribution in [0, 0.1) is 5.92 Å². The van der Waals surface area contributed by atoms with Crippen molar-refractivity contribution in [1.82, 2.24) is 4.90 Å². The van der Waals surface area contributed by atoms with Crippen molar-refractivity contribution in [2.24, 2.45) is 5.92 Å². The van der Waals surface area contributed by atoms with Crippen molar-refractivity contribution >= 4 is 11.9 Å². The Balaban J connectivity index is 1.96. The van der Waals surface area contributed by atoms with Crippen LogP contribution in [0.4, 0.5) is 13.2 Å². The maximum Gasteiger partial charge on any atom is 0.471 e. The number of rotatable bonds is 1. The number of aliphatic carboxylic acids is 1. The van der Waals surface area contributed by atoms with Crippen molar-refractivity contribution in [3.63, 3.8) is 0 Å². The molecule has 2 aliphatic rings. The zero-order valence-electron chi connectivity index (χ0n) is 8.61. The predicted octanol–water partition coefficient (Wildman–Crippen LogP) is 0.249. The average Bonchev–Trinajstić information content (AvgIpc) is 2.70. The third kappa shape index (κ3) is 2.21. The minimum Gasteiger partial charge on any atom is -0.479 e. The lowest BCUT2D eigenvalue weighted by Gasteiger charge is -2.19. The third-order valence-corrected chi connectivity index (χ3v) is 3.04. The van der Waals surface area contributed by atoms with E-state index in [-0.39, 0.29) is 25.4 Å². The molecule has 1 amide bonds. The summed E-state index contributed by atoms with van der Waals surface area (Å²) in [5.74, 6) is -3.32. The molecule has 2 aliphatic heterocycles. The lowest BCUT2D eigenvalue weighted by molar-refractivity contribution is -0.185. The van der Waals surface area contributed by atoms with Crippen molar-refractivity contribution < 1.29 is 32.6 Å². The number of carbonyl (C=O) groups is 2. The van der Waals surface area contributed by atoms with E-state index in [1.54, 1.807) is 0 Å². The van der Waals surface area contributed by atoms with Crippen LogP contribution in [0.2, 0.25) is 0 Å². The lowest BCUT2D eigenvalue weighted by Crippen LogP contribution is -2.41. The second-order valence-electron chi connectivity index (χ2n) is 4.21. The molecule has 2 saturated heterocycles. The Hall–Kier alpha value is -1.31. The van der Waals surface area contributed by atoms with E-state index in [1.807, 2.05) is 0 Å². The van der Waals surface area contributed by atoms with Crippen molar-refractivity contribution in [2.75, 3.05) is 13.1 Å². The maximum absolute atomic E-state index is 12.2. The van der Waals surface area contributed by atoms with E-state index in [9.17, 15) is 22.8 Å². The summed E-state index contributed by atoms with van der Waals surface area (Å²) in [7, 11) is 0. The molecule has 2 rings (SSSR count). The quantitative estimate of drug-likeness (QED) is 0.727. The first kappa shape index (κ1) is 12.2. The van der Waals surface area contributed by atoms with Gasteiger partial charge in [-0.25, -0.2) is 4.79 Å². The molecule has 17 heavy (non-hydrogen) atoms. The van der Waals surface area contributed by atoms with Gasteiger partial charge >= 0.3 is 18.1 Å². The van der Waals surface area contributed by atoms with Gasteiger partial charge in [0.2, 0.25) is 0 Å². The molecule has 0 aromatic rings. The molecule has 0 saturated carbocycles. The number of fused-ring (bicyclic) bond motifs is 1. The van der Waals surface area contributed by atoms with Crippen LogP contribution < -0.4 is 0 Å². The van der Waals surface area contributed by atoms with Crippen LogP contribution in [0.25, 0.3) is 0 Å². The highest BCUT2D eigenvalue weighted by Gasteiger charge is 2.51. The number of carbonyl (C=O) groups excluding carboxylic acids is 1. The standard InChI is InChI=1S/C9H10F3NO4/c10-9(11,12)8(16)13-2-4-1-5(7(14)15)17-6(4)3-13/h4-6H,1-3H2,(H,14,15)/t4-,5-,6+/m0/s1. The summed E-state index contributed by atoms with van der Waals surface area (Å²) in [6.07, 6.45) is -6.29. The van der Waals surface area contributed by atoms with E-state index in [4.69, 9.17) is 9.84 Å². The minimum absolute atomic E-state index is 0.0905. The van der Waals surface area contributed by atoms with Gasteiger partial charge in [0.1, 0.15) is 0 Å². The molecule has 0 aromatic heterocycles. The highest BCUT2D eigenvalue weighted by atomic mass is 19.4. The Morgan fingerprint density at radius 2 is 1.94 bits per heavy atom. The van der Waals surface area contributed by atoms with Crippen LogP contribution in [0.5, 0.6) is 0 Å². The number of amides is 1. The molecule has 0 aromatic carbocycles. The summed E-state index contributed by atoms with van der Waals surface area (Å²) in [5, 5.41) is 8.69. The Morgan fingerprint density at radius 1 is 1.29 bits per heavy atom. The zero-order chi connectivity index (χ0) is 12.8. The smallest absolute Gasteiger partial charge is 0.471 e. The van der Waals surface area contributed by atoms with E-state index in [1.165, 1.54) is 0 Å². The van der Waals surface area contributed by atoms with Gasteiger partial charge in [0.05, 0.1) is 6.10 Å². The van der Waals surface area contributed by atoms with Gasteiger partial charge in [-0.3, -0.25) is 4.79 Å². The monoisotopic (exact) mass is 253 g/mol. The largest absolute Gasteiger partial charge is 0.479 e. The second kappa shape index (κ2) is 3.86. The summed E-state index contributed by atoms with van der Waals surface area (Å²) in [6, 6.07) is 0. The summed E-state index contributed by atoms with van der Waals surface area (Å²) in [4.78, 5) is 22.2. The van der Waals surface area contributed by atoms with E-state index >= 15 is 0 Å². The van der Waals surface area contributed by atoms with Crippen LogP contribution in [-0.4, -0.2) is 53.4 Å². The van der Waals surface area contributed by atoms with Gasteiger partial charge in [-0.1, -0.05) is 0 Å². The first-order valence-corrected chi connectivity index (χ1v) is 5.03. The molecular formula is C9H10F3NO4. The third-order valence-electron chi connectivity index (χ3n) is 3.04. The molecule has 2 heterocycles. The number of nitrogens with zero attached hydrogens (tertiary/aromatic N) is 1. The molecular weight excluding hydrogens is 243 g/mol. The van der Waals surface area contributed by atoms with Crippen LogP contribution in [-0.2, 0) is 14.3 Å². The number of alkyl halides is 3. The molecule has 3 atom stereocenters. The number of carboxylic acids is 1. The zero-order valence-corrected chi connectivity index (χ0v) is 8.61. The Kier molecular flexibility index (Phi) is 2.76. The number of halogens is 3. The number of carboxylic acid groups (broad SMARTS) is 1. The Morgan fingerprint density at radius 3 is 2.41 bits per heavy atom. The highest BCUT2D eigenvalue weighted by Crippen LogP contribution is 2.34. The molecule has 96 valence electrons. The van der Waals surface area contributed by atoms with Crippen molar-refractivity contribution in [3.8, 4) is 0 Å². The van der Waals surface area contributed by atoms with Gasteiger partial charge in [0, 0.05) is 19.0 Å². The fourth-order valence-corrected chi connectivity index (χ4v) is 2.27. The van der Waals surface area contributed by atoms with Gasteiger partial charge in [-0.2, -0.15) is 13.2 Å². The molecule has 0 bridgehead atoms. The first-order chi connectivity index (χ1) is 7.79. The Labute approximate surface area is 94.1 Å². The molecule has 2 fully saturated rings. The molecule has 0 unspecified atom stereocenters. The van der Waals surface area contributed by atoms with Crippen LogP contribution in [0.1, 0.15) is 6.42 Å². The maximum atomic E-state index is 12.2. The molecule has 1 N–H and O–H groups in total. The summed E-state index contributed by atoms with van der Waals surface area (Å²) < 4.78 is 41.5.